The first-order valence-corrected chi connectivity index (χ1v) is 7.76. The summed E-state index contributed by atoms with van der Waals surface area (Å²) in [6, 6.07) is 0. The van der Waals surface area contributed by atoms with Crippen LogP contribution >= 0.6 is 0 Å². The maximum atomic E-state index is 11.9. The monoisotopic (exact) mass is 322 g/mol. The number of carbonyl (C=O) groups excluding carboxylic acids is 2. The molecule has 0 saturated heterocycles. The summed E-state index contributed by atoms with van der Waals surface area (Å²) in [5.41, 5.74) is 0.149. The van der Waals surface area contributed by atoms with Gasteiger partial charge in [-0.2, -0.15) is 0 Å². The highest BCUT2D eigenvalue weighted by Crippen LogP contribution is 2.37. The molecule has 0 saturated carbocycles. The van der Waals surface area contributed by atoms with E-state index in [0.717, 1.165) is 12.8 Å². The standard InChI is InChI=1S/C19H30O4/c1-10-15(6)11-18(7,8)12-19(9,22-16(20)13(2)3)23-17(21)14(4)5/h12,15H,1-2,4,10-11H2,3,5-9H3. The van der Waals surface area contributed by atoms with Gasteiger partial charge in [0, 0.05) is 18.1 Å². The fourth-order valence-electron chi connectivity index (χ4n) is 2.39. The molecule has 0 amide bonds. The van der Waals surface area contributed by atoms with Crippen LogP contribution in [-0.2, 0) is 19.1 Å². The Labute approximate surface area is 140 Å². The number of hydrogen-bond donors (Lipinski definition) is 0. The van der Waals surface area contributed by atoms with Crippen LogP contribution in [0.5, 0.6) is 0 Å². The number of rotatable bonds is 9. The average Bonchev–Trinajstić information content (AvgIpc) is 2.35. The van der Waals surface area contributed by atoms with E-state index in [9.17, 15) is 9.59 Å². The van der Waals surface area contributed by atoms with Crippen LogP contribution in [0.4, 0.5) is 0 Å². The van der Waals surface area contributed by atoms with Crippen LogP contribution in [0.1, 0.15) is 54.4 Å². The molecular weight excluding hydrogens is 292 g/mol. The summed E-state index contributed by atoms with van der Waals surface area (Å²) >= 11 is 0. The van der Waals surface area contributed by atoms with Crippen LogP contribution in [-0.4, -0.2) is 17.7 Å². The molecule has 0 heterocycles. The summed E-state index contributed by atoms with van der Waals surface area (Å²) in [6.45, 7) is 21.7. The molecule has 0 spiro atoms. The minimum Gasteiger partial charge on any atom is -0.419 e. The topological polar surface area (TPSA) is 52.6 Å². The molecule has 0 aromatic rings. The van der Waals surface area contributed by atoms with Crippen LogP contribution in [0.25, 0.3) is 0 Å². The lowest BCUT2D eigenvalue weighted by molar-refractivity contribution is -0.209. The third-order valence-electron chi connectivity index (χ3n) is 3.31. The average molecular weight is 322 g/mol. The van der Waals surface area contributed by atoms with Crippen molar-refractivity contribution in [3.05, 3.63) is 37.6 Å². The lowest BCUT2D eigenvalue weighted by atomic mass is 9.77. The van der Waals surface area contributed by atoms with E-state index >= 15 is 0 Å². The molecule has 0 aliphatic carbocycles. The van der Waals surface area contributed by atoms with Gasteiger partial charge < -0.3 is 9.47 Å². The molecule has 0 aromatic heterocycles. The predicted molar refractivity (Wildman–Crippen MR) is 92.1 cm³/mol. The van der Waals surface area contributed by atoms with Gasteiger partial charge in [0.05, 0.1) is 6.42 Å². The Hall–Kier alpha value is -1.58. The lowest BCUT2D eigenvalue weighted by Crippen LogP contribution is -2.42. The van der Waals surface area contributed by atoms with E-state index in [0.29, 0.717) is 5.92 Å². The molecule has 0 N–H and O–H groups in total. The van der Waals surface area contributed by atoms with Crippen molar-refractivity contribution in [1.82, 2.24) is 0 Å². The van der Waals surface area contributed by atoms with E-state index in [2.05, 4.69) is 27.0 Å². The van der Waals surface area contributed by atoms with Crippen molar-refractivity contribution in [3.8, 4) is 0 Å². The molecule has 1 unspecified atom stereocenters. The highest BCUT2D eigenvalue weighted by atomic mass is 16.7. The molecule has 4 nitrogen and oxygen atoms in total. The van der Waals surface area contributed by atoms with Crippen LogP contribution < -0.4 is 0 Å². The molecule has 130 valence electrons. The molecule has 0 aliphatic rings. The number of carbonyl (C=O) groups is 2. The van der Waals surface area contributed by atoms with Gasteiger partial charge in [0.25, 0.3) is 5.79 Å². The van der Waals surface area contributed by atoms with Gasteiger partial charge in [-0.25, -0.2) is 9.59 Å². The van der Waals surface area contributed by atoms with Gasteiger partial charge in [-0.3, -0.25) is 0 Å². The summed E-state index contributed by atoms with van der Waals surface area (Å²) in [5.74, 6) is -2.33. The van der Waals surface area contributed by atoms with E-state index in [1.807, 2.05) is 13.8 Å². The van der Waals surface area contributed by atoms with Crippen molar-refractivity contribution in [2.24, 2.45) is 11.3 Å². The molecule has 4 heteroatoms. The quantitative estimate of drug-likeness (QED) is 0.358. The van der Waals surface area contributed by atoms with E-state index in [1.165, 1.54) is 0 Å². The number of esters is 2. The Kier molecular flexibility index (Phi) is 7.75. The Balaban J connectivity index is 5.32. The normalized spacial score (nSPS) is 13.2. The number of hydrogen-bond acceptors (Lipinski definition) is 4. The maximum absolute atomic E-state index is 11.9. The van der Waals surface area contributed by atoms with Crippen molar-refractivity contribution in [2.75, 3.05) is 0 Å². The third-order valence-corrected chi connectivity index (χ3v) is 3.31. The lowest BCUT2D eigenvalue weighted by Gasteiger charge is -2.37. The highest BCUT2D eigenvalue weighted by Gasteiger charge is 2.40. The summed E-state index contributed by atoms with van der Waals surface area (Å²) in [7, 11) is 0. The minimum atomic E-state index is -1.49. The largest absolute Gasteiger partial charge is 0.419 e. The minimum absolute atomic E-state index is 0.236. The second-order valence-corrected chi connectivity index (χ2v) is 7.09. The van der Waals surface area contributed by atoms with E-state index < -0.39 is 17.7 Å². The summed E-state index contributed by atoms with van der Waals surface area (Å²) in [6.07, 6.45) is 3.36. The van der Waals surface area contributed by atoms with Crippen molar-refractivity contribution < 1.29 is 19.1 Å². The zero-order chi connectivity index (χ0) is 18.4. The van der Waals surface area contributed by atoms with E-state index in [-0.39, 0.29) is 16.6 Å². The molecule has 23 heavy (non-hydrogen) atoms. The molecule has 0 aliphatic heterocycles. The molecular formula is C19H30O4. The maximum Gasteiger partial charge on any atom is 0.336 e. The van der Waals surface area contributed by atoms with E-state index in [4.69, 9.17) is 9.47 Å². The molecule has 0 rings (SSSR count). The first-order valence-electron chi connectivity index (χ1n) is 7.76. The van der Waals surface area contributed by atoms with Gasteiger partial charge in [-0.1, -0.05) is 47.3 Å². The second kappa shape index (κ2) is 8.32. The van der Waals surface area contributed by atoms with Gasteiger partial charge in [-0.15, -0.1) is 0 Å². The van der Waals surface area contributed by atoms with Crippen LogP contribution in [0.15, 0.2) is 24.3 Å². The predicted octanol–water partition coefficient (Wildman–Crippen LogP) is 4.42. The molecule has 0 bridgehead atoms. The van der Waals surface area contributed by atoms with Crippen molar-refractivity contribution in [2.45, 2.75) is 60.2 Å². The first kappa shape index (κ1) is 21.4. The number of ether oxygens (including phenoxy) is 2. The molecule has 2 radical (unpaired) electrons. The Morgan fingerprint density at radius 2 is 1.43 bits per heavy atom. The van der Waals surface area contributed by atoms with Gasteiger partial charge in [0.15, 0.2) is 0 Å². The van der Waals surface area contributed by atoms with Gasteiger partial charge >= 0.3 is 11.9 Å². The van der Waals surface area contributed by atoms with Gasteiger partial charge in [0.2, 0.25) is 0 Å². The summed E-state index contributed by atoms with van der Waals surface area (Å²) in [4.78, 5) is 23.8. The third kappa shape index (κ3) is 8.00. The molecule has 0 fully saturated rings. The fourth-order valence-corrected chi connectivity index (χ4v) is 2.39. The summed E-state index contributed by atoms with van der Waals surface area (Å²) < 4.78 is 10.8. The van der Waals surface area contributed by atoms with Crippen molar-refractivity contribution in [1.29, 1.82) is 0 Å². The van der Waals surface area contributed by atoms with Crippen molar-refractivity contribution >= 4 is 11.9 Å². The van der Waals surface area contributed by atoms with Crippen LogP contribution in [0.2, 0.25) is 0 Å². The highest BCUT2D eigenvalue weighted by molar-refractivity contribution is 5.89. The molecule has 0 aromatic carbocycles. The molecule has 1 atom stereocenters. The van der Waals surface area contributed by atoms with Gasteiger partial charge in [0.1, 0.15) is 0 Å². The first-order chi connectivity index (χ1) is 10.3. The van der Waals surface area contributed by atoms with Gasteiger partial charge in [-0.05, 0) is 31.6 Å². The Bertz CT molecular complexity index is 446. The fraction of sp³-hybridized carbons (Fsp3) is 0.579. The van der Waals surface area contributed by atoms with E-state index in [1.54, 1.807) is 27.2 Å². The smallest absolute Gasteiger partial charge is 0.336 e. The van der Waals surface area contributed by atoms with Crippen LogP contribution in [0.3, 0.4) is 0 Å². The second-order valence-electron chi connectivity index (χ2n) is 7.09. The Morgan fingerprint density at radius 1 is 1.04 bits per heavy atom. The SMILES string of the molecule is [CH2]CC(C)CC(C)(C)[CH]C(C)(OC(=O)C(=C)C)OC(=O)C(=C)C. The summed E-state index contributed by atoms with van der Waals surface area (Å²) in [5, 5.41) is 0. The van der Waals surface area contributed by atoms with Crippen LogP contribution in [0, 0.1) is 24.7 Å². The zero-order valence-corrected chi connectivity index (χ0v) is 15.3. The Morgan fingerprint density at radius 3 is 1.74 bits per heavy atom. The zero-order valence-electron chi connectivity index (χ0n) is 15.3. The van der Waals surface area contributed by atoms with Crippen molar-refractivity contribution in [3.63, 3.8) is 0 Å².